The van der Waals surface area contributed by atoms with Crippen LogP contribution in [-0.2, 0) is 10.3 Å². The second-order valence-corrected chi connectivity index (χ2v) is 12.7. The largest absolute Gasteiger partial charge is 0.347 e. The predicted octanol–water partition coefficient (Wildman–Crippen LogP) is 6.82. The summed E-state index contributed by atoms with van der Waals surface area (Å²) in [7, 11) is 1.80. The van der Waals surface area contributed by atoms with Crippen LogP contribution in [0.5, 0.6) is 0 Å². The minimum atomic E-state index is -0.510. The number of nitrogens with zero attached hydrogens (tertiary/aromatic N) is 3. The lowest BCUT2D eigenvalue weighted by atomic mass is 9.80. The Bertz CT molecular complexity index is 1480. The molecule has 3 aromatic rings. The van der Waals surface area contributed by atoms with Gasteiger partial charge in [0.25, 0.3) is 5.91 Å². The fraction of sp³-hybridized carbons (Fsp3) is 0.364. The van der Waals surface area contributed by atoms with Crippen molar-refractivity contribution in [3.63, 3.8) is 0 Å². The third-order valence-electron chi connectivity index (χ3n) is 8.76. The molecule has 5 rings (SSSR count). The molecular weight excluding hydrogens is 607 g/mol. The predicted molar refractivity (Wildman–Crippen MR) is 171 cm³/mol. The van der Waals surface area contributed by atoms with Crippen LogP contribution in [0.15, 0.2) is 72.8 Å². The number of nitrogens with one attached hydrogen (secondary N) is 1. The van der Waals surface area contributed by atoms with Gasteiger partial charge in [-0.15, -0.1) is 0 Å². The number of carbonyl (C=O) groups excluding carboxylic acids is 3. The minimum absolute atomic E-state index is 0.0420. The lowest BCUT2D eigenvalue weighted by Crippen LogP contribution is -2.58. The van der Waals surface area contributed by atoms with Gasteiger partial charge in [0.15, 0.2) is 0 Å². The molecule has 7 nitrogen and oxygen atoms in total. The Morgan fingerprint density at radius 3 is 2.16 bits per heavy atom. The molecule has 2 fully saturated rings. The summed E-state index contributed by atoms with van der Waals surface area (Å²) < 4.78 is 0. The van der Waals surface area contributed by atoms with E-state index in [-0.39, 0.29) is 29.8 Å². The second kappa shape index (κ2) is 13.2. The second-order valence-electron chi connectivity index (χ2n) is 11.4. The smallest absolute Gasteiger partial charge is 0.320 e. The molecule has 0 unspecified atom stereocenters. The first-order valence-electron chi connectivity index (χ1n) is 14.4. The molecule has 2 aliphatic rings. The van der Waals surface area contributed by atoms with Gasteiger partial charge in [-0.1, -0.05) is 71.2 Å². The van der Waals surface area contributed by atoms with Crippen molar-refractivity contribution < 1.29 is 14.4 Å². The van der Waals surface area contributed by atoms with Gasteiger partial charge >= 0.3 is 6.03 Å². The summed E-state index contributed by atoms with van der Waals surface area (Å²) in [5.74, 6) is -0.383. The normalized spacial score (nSPS) is 19.9. The quantitative estimate of drug-likeness (QED) is 0.332. The molecule has 0 aromatic heterocycles. The van der Waals surface area contributed by atoms with E-state index in [0.29, 0.717) is 66.1 Å². The maximum atomic E-state index is 13.9. The number of likely N-dealkylation sites (N-methyl/N-ethyl adjacent to an activating group) is 1. The molecule has 1 N–H and O–H groups in total. The standard InChI is InChI=1S/C33H35Cl3N4O3/c1-22(41)37-33(25-6-4-3-5-7-25)15-18-39(19-16-33)32(43)40-17-14-30(27(21-40)24-10-13-28(35)29(36)20-24)38(2)31(42)23-8-11-26(34)12-9-23/h3-13,20,27,30H,14-19,21H2,1-2H3,(H,37,41)/t27-,30+/m0/s1. The molecule has 0 aliphatic carbocycles. The Morgan fingerprint density at radius 1 is 0.860 bits per heavy atom. The molecule has 43 heavy (non-hydrogen) atoms. The fourth-order valence-electron chi connectivity index (χ4n) is 6.45. The molecule has 2 saturated heterocycles. The van der Waals surface area contributed by atoms with Crippen LogP contribution in [0.1, 0.15) is 53.6 Å². The number of hydrogen-bond acceptors (Lipinski definition) is 3. The Morgan fingerprint density at radius 2 is 1.53 bits per heavy atom. The summed E-state index contributed by atoms with van der Waals surface area (Å²) in [6.07, 6.45) is 1.83. The number of carbonyl (C=O) groups is 3. The van der Waals surface area contributed by atoms with Crippen LogP contribution in [0.4, 0.5) is 4.79 Å². The molecule has 0 radical (unpaired) electrons. The van der Waals surface area contributed by atoms with Crippen LogP contribution >= 0.6 is 34.8 Å². The van der Waals surface area contributed by atoms with Gasteiger partial charge in [-0.2, -0.15) is 0 Å². The highest BCUT2D eigenvalue weighted by molar-refractivity contribution is 6.42. The van der Waals surface area contributed by atoms with E-state index in [9.17, 15) is 14.4 Å². The molecule has 2 aliphatic heterocycles. The third-order valence-corrected chi connectivity index (χ3v) is 9.75. The topological polar surface area (TPSA) is 73.0 Å². The first kappa shape index (κ1) is 31.2. The monoisotopic (exact) mass is 640 g/mol. The van der Waals surface area contributed by atoms with Crippen molar-refractivity contribution in [2.75, 3.05) is 33.2 Å². The average molecular weight is 642 g/mol. The van der Waals surface area contributed by atoms with Crippen molar-refractivity contribution in [2.45, 2.75) is 43.7 Å². The Balaban J connectivity index is 1.34. The molecule has 2 heterocycles. The maximum Gasteiger partial charge on any atom is 0.320 e. The summed E-state index contributed by atoms with van der Waals surface area (Å²) in [4.78, 5) is 45.1. The average Bonchev–Trinajstić information content (AvgIpc) is 3.02. The van der Waals surface area contributed by atoms with Gasteiger partial charge in [0.1, 0.15) is 0 Å². The van der Waals surface area contributed by atoms with Crippen molar-refractivity contribution >= 4 is 52.6 Å². The number of rotatable bonds is 5. The summed E-state index contributed by atoms with van der Waals surface area (Å²) >= 11 is 18.7. The van der Waals surface area contributed by atoms with Crippen LogP contribution in [0, 0.1) is 0 Å². The molecule has 4 amide bonds. The summed E-state index contributed by atoms with van der Waals surface area (Å²) in [5, 5.41) is 4.62. The van der Waals surface area contributed by atoms with E-state index in [1.165, 1.54) is 6.92 Å². The molecule has 226 valence electrons. The molecule has 10 heteroatoms. The molecule has 2 atom stereocenters. The fourth-order valence-corrected chi connectivity index (χ4v) is 6.89. The van der Waals surface area contributed by atoms with Gasteiger partial charge < -0.3 is 20.0 Å². The molecule has 0 spiro atoms. The van der Waals surface area contributed by atoms with Crippen molar-refractivity contribution in [2.24, 2.45) is 0 Å². The van der Waals surface area contributed by atoms with Gasteiger partial charge in [-0.05, 0) is 66.8 Å². The first-order chi connectivity index (χ1) is 20.6. The zero-order valence-electron chi connectivity index (χ0n) is 24.2. The minimum Gasteiger partial charge on any atom is -0.347 e. The summed E-state index contributed by atoms with van der Waals surface area (Å²) in [6.45, 7) is 3.49. The zero-order valence-corrected chi connectivity index (χ0v) is 26.5. The highest BCUT2D eigenvalue weighted by atomic mass is 35.5. The number of benzene rings is 3. The Labute approximate surface area is 267 Å². The van der Waals surface area contributed by atoms with E-state index in [2.05, 4.69) is 5.32 Å². The molecule has 0 saturated carbocycles. The van der Waals surface area contributed by atoms with Crippen molar-refractivity contribution in [3.8, 4) is 0 Å². The number of urea groups is 1. The number of piperidine rings is 2. The van der Waals surface area contributed by atoms with Gasteiger partial charge in [-0.25, -0.2) is 4.79 Å². The van der Waals surface area contributed by atoms with Crippen molar-refractivity contribution in [3.05, 3.63) is 105 Å². The lowest BCUT2D eigenvalue weighted by Gasteiger charge is -2.47. The molecular formula is C33H35Cl3N4O3. The lowest BCUT2D eigenvalue weighted by molar-refractivity contribution is -0.121. The van der Waals surface area contributed by atoms with Crippen molar-refractivity contribution in [1.29, 1.82) is 0 Å². The van der Waals surface area contributed by atoms with Gasteiger partial charge in [0, 0.05) is 62.7 Å². The van der Waals surface area contributed by atoms with E-state index in [4.69, 9.17) is 34.8 Å². The van der Waals surface area contributed by atoms with E-state index in [1.807, 2.05) is 52.3 Å². The highest BCUT2D eigenvalue weighted by Crippen LogP contribution is 2.37. The summed E-state index contributed by atoms with van der Waals surface area (Å²) in [6, 6.07) is 22.1. The Hall–Kier alpha value is -3.26. The first-order valence-corrected chi connectivity index (χ1v) is 15.6. The number of likely N-dealkylation sites (tertiary alicyclic amines) is 2. The van der Waals surface area contributed by atoms with Gasteiger partial charge in [-0.3, -0.25) is 9.59 Å². The van der Waals surface area contributed by atoms with Gasteiger partial charge in [0.2, 0.25) is 5.91 Å². The van der Waals surface area contributed by atoms with E-state index in [1.54, 1.807) is 42.3 Å². The van der Waals surface area contributed by atoms with Crippen LogP contribution in [0.3, 0.4) is 0 Å². The van der Waals surface area contributed by atoms with Crippen LogP contribution in [0.25, 0.3) is 0 Å². The van der Waals surface area contributed by atoms with Gasteiger partial charge in [0.05, 0.1) is 15.6 Å². The number of halogens is 3. The van der Waals surface area contributed by atoms with Crippen molar-refractivity contribution in [1.82, 2.24) is 20.0 Å². The third kappa shape index (κ3) is 6.79. The maximum absolute atomic E-state index is 13.9. The highest BCUT2D eigenvalue weighted by Gasteiger charge is 2.42. The van der Waals surface area contributed by atoms with E-state index >= 15 is 0 Å². The van der Waals surface area contributed by atoms with Crippen LogP contribution < -0.4 is 5.32 Å². The number of amides is 4. The molecule has 3 aromatic carbocycles. The molecule has 0 bridgehead atoms. The van der Waals surface area contributed by atoms with Crippen LogP contribution in [0.2, 0.25) is 15.1 Å². The van der Waals surface area contributed by atoms with E-state index in [0.717, 1.165) is 11.1 Å². The Kier molecular flexibility index (Phi) is 9.54. The van der Waals surface area contributed by atoms with Crippen LogP contribution in [-0.4, -0.2) is 71.8 Å². The van der Waals surface area contributed by atoms with E-state index < -0.39 is 5.54 Å². The zero-order chi connectivity index (χ0) is 30.7. The summed E-state index contributed by atoms with van der Waals surface area (Å²) in [5.41, 5.74) is 2.00. The number of hydrogen-bond donors (Lipinski definition) is 1. The SMILES string of the molecule is CC(=O)NC1(c2ccccc2)CCN(C(=O)N2CC[C@@H](N(C)C(=O)c3ccc(Cl)cc3)[C@H](c3ccc(Cl)c(Cl)c3)C2)CC1.